The van der Waals surface area contributed by atoms with Crippen LogP contribution >= 0.6 is 23.1 Å². The summed E-state index contributed by atoms with van der Waals surface area (Å²) < 4.78 is 0. The highest BCUT2D eigenvalue weighted by Crippen LogP contribution is 2.38. The lowest BCUT2D eigenvalue weighted by molar-refractivity contribution is -0.118. The van der Waals surface area contributed by atoms with Gasteiger partial charge >= 0.3 is 0 Å². The Bertz CT molecular complexity index is 706. The average Bonchev–Trinajstić information content (AvgIpc) is 3.08. The van der Waals surface area contributed by atoms with Gasteiger partial charge in [-0.15, -0.1) is 16.4 Å². The number of nitrogens with zero attached hydrogens (tertiary/aromatic N) is 2. The number of ketones is 1. The summed E-state index contributed by atoms with van der Waals surface area (Å²) in [7, 11) is 0. The van der Waals surface area contributed by atoms with Gasteiger partial charge in [-0.2, -0.15) is 0 Å². The van der Waals surface area contributed by atoms with E-state index in [9.17, 15) is 9.59 Å². The van der Waals surface area contributed by atoms with Crippen molar-refractivity contribution in [2.75, 3.05) is 12.3 Å². The first kappa shape index (κ1) is 16.2. The average molecular weight is 350 g/mol. The fourth-order valence-electron chi connectivity index (χ4n) is 2.09. The Labute approximate surface area is 142 Å². The molecule has 0 atom stereocenters. The summed E-state index contributed by atoms with van der Waals surface area (Å²) in [5.41, 5.74) is 0. The minimum atomic E-state index is -0.0358. The van der Waals surface area contributed by atoms with Crippen molar-refractivity contribution in [1.29, 1.82) is 0 Å². The van der Waals surface area contributed by atoms with Crippen LogP contribution in [-0.2, 0) is 11.2 Å². The van der Waals surface area contributed by atoms with Crippen molar-refractivity contribution >= 4 is 34.8 Å². The molecule has 2 heterocycles. The van der Waals surface area contributed by atoms with E-state index in [2.05, 4.69) is 20.5 Å². The molecule has 0 spiro atoms. The van der Waals surface area contributed by atoms with Crippen molar-refractivity contribution in [1.82, 2.24) is 20.5 Å². The van der Waals surface area contributed by atoms with Crippen LogP contribution in [0.25, 0.3) is 0 Å². The maximum atomic E-state index is 12.2. The first-order chi connectivity index (χ1) is 11.1. The largest absolute Gasteiger partial charge is 0.356 e. The zero-order valence-corrected chi connectivity index (χ0v) is 14.4. The fraction of sp³-hybridized carbons (Fsp3) is 0.467. The maximum Gasteiger partial charge on any atom is 0.216 e. The molecule has 0 radical (unpaired) electrons. The van der Waals surface area contributed by atoms with E-state index in [-0.39, 0.29) is 11.7 Å². The van der Waals surface area contributed by atoms with Gasteiger partial charge in [0, 0.05) is 24.3 Å². The minimum absolute atomic E-state index is 0.0358. The summed E-state index contributed by atoms with van der Waals surface area (Å²) in [5, 5.41) is 10.5. The molecular formula is C15H18N4O2S2. The second-order valence-electron chi connectivity index (χ2n) is 5.49. The third-order valence-corrected chi connectivity index (χ3v) is 5.49. The Morgan fingerprint density at radius 3 is 3.00 bits per heavy atom. The third-order valence-electron chi connectivity index (χ3n) is 3.46. The van der Waals surface area contributed by atoms with E-state index in [0.29, 0.717) is 23.4 Å². The number of hydrogen-bond donors (Lipinski definition) is 2. The predicted molar refractivity (Wildman–Crippen MR) is 90.1 cm³/mol. The van der Waals surface area contributed by atoms with Gasteiger partial charge in [0.2, 0.25) is 11.1 Å². The molecule has 0 saturated heterocycles. The predicted octanol–water partition coefficient (Wildman–Crippen LogP) is 2.40. The molecule has 2 N–H and O–H groups in total. The van der Waals surface area contributed by atoms with Crippen LogP contribution in [0, 0.1) is 0 Å². The van der Waals surface area contributed by atoms with E-state index in [1.54, 1.807) is 0 Å². The molecule has 0 aliphatic heterocycles. The Kier molecular flexibility index (Phi) is 5.12. The molecular weight excluding hydrogens is 332 g/mol. The zero-order valence-electron chi connectivity index (χ0n) is 12.8. The number of carbonyl (C=O) groups excluding carboxylic acids is 2. The van der Waals surface area contributed by atoms with Crippen LogP contribution in [0.1, 0.15) is 46.1 Å². The molecule has 1 aliphatic carbocycles. The zero-order chi connectivity index (χ0) is 16.2. The molecule has 0 bridgehead atoms. The standard InChI is InChI=1S/C15H18N4O2S2/c1-9(20)16-7-6-11-4-5-13(23-11)12(21)8-22-15-17-14(18-19-15)10-2-3-10/h4-5,10H,2-3,6-8H2,1H3,(H,16,20)(H,17,18,19). The third kappa shape index (κ3) is 4.65. The van der Waals surface area contributed by atoms with E-state index in [1.165, 1.54) is 42.9 Å². The van der Waals surface area contributed by atoms with Crippen LogP contribution < -0.4 is 5.32 Å². The molecule has 8 heteroatoms. The van der Waals surface area contributed by atoms with Crippen LogP contribution in [0.5, 0.6) is 0 Å². The van der Waals surface area contributed by atoms with Crippen LogP contribution in [0.3, 0.4) is 0 Å². The van der Waals surface area contributed by atoms with Crippen LogP contribution in [0.4, 0.5) is 0 Å². The fourth-order valence-corrected chi connectivity index (χ4v) is 3.81. The molecule has 23 heavy (non-hydrogen) atoms. The molecule has 1 saturated carbocycles. The van der Waals surface area contributed by atoms with Crippen LogP contribution in [0.15, 0.2) is 17.3 Å². The topological polar surface area (TPSA) is 87.7 Å². The first-order valence-electron chi connectivity index (χ1n) is 7.53. The Morgan fingerprint density at radius 1 is 1.43 bits per heavy atom. The van der Waals surface area contributed by atoms with Gasteiger partial charge in [0.15, 0.2) is 5.78 Å². The molecule has 122 valence electrons. The van der Waals surface area contributed by atoms with Crippen molar-refractivity contribution in [3.8, 4) is 0 Å². The molecule has 3 rings (SSSR count). The lowest BCUT2D eigenvalue weighted by Gasteiger charge is -1.99. The number of thiophene rings is 1. The quantitative estimate of drug-likeness (QED) is 0.564. The normalized spacial score (nSPS) is 14.0. The summed E-state index contributed by atoms with van der Waals surface area (Å²) in [6.45, 7) is 2.09. The molecule has 6 nitrogen and oxygen atoms in total. The van der Waals surface area contributed by atoms with Gasteiger partial charge in [-0.25, -0.2) is 4.98 Å². The van der Waals surface area contributed by atoms with Gasteiger partial charge in [-0.3, -0.25) is 14.7 Å². The van der Waals surface area contributed by atoms with E-state index in [0.717, 1.165) is 22.0 Å². The van der Waals surface area contributed by atoms with Gasteiger partial charge in [0.05, 0.1) is 10.6 Å². The minimum Gasteiger partial charge on any atom is -0.356 e. The van der Waals surface area contributed by atoms with Crippen molar-refractivity contribution < 1.29 is 9.59 Å². The summed E-state index contributed by atoms with van der Waals surface area (Å²) in [5.74, 6) is 1.87. The molecule has 0 aromatic carbocycles. The van der Waals surface area contributed by atoms with Crippen molar-refractivity contribution in [3.05, 3.63) is 27.7 Å². The highest BCUT2D eigenvalue weighted by atomic mass is 32.2. The number of rotatable bonds is 8. The summed E-state index contributed by atoms with van der Waals surface area (Å²) in [6, 6.07) is 3.80. The lowest BCUT2D eigenvalue weighted by atomic mass is 10.3. The molecule has 1 amide bonds. The van der Waals surface area contributed by atoms with Gasteiger partial charge in [-0.05, 0) is 31.4 Å². The summed E-state index contributed by atoms with van der Waals surface area (Å²) in [6.07, 6.45) is 3.10. The summed E-state index contributed by atoms with van der Waals surface area (Å²) in [4.78, 5) is 29.3. The lowest BCUT2D eigenvalue weighted by Crippen LogP contribution is -2.22. The van der Waals surface area contributed by atoms with Crippen LogP contribution in [-0.4, -0.2) is 39.2 Å². The van der Waals surface area contributed by atoms with Gasteiger partial charge in [-0.1, -0.05) is 11.8 Å². The number of aromatic amines is 1. The highest BCUT2D eigenvalue weighted by Gasteiger charge is 2.27. The number of H-pyrrole nitrogens is 1. The van der Waals surface area contributed by atoms with Crippen molar-refractivity contribution in [2.45, 2.75) is 37.3 Å². The monoisotopic (exact) mass is 350 g/mol. The summed E-state index contributed by atoms with van der Waals surface area (Å²) >= 11 is 2.85. The molecule has 1 aliphatic rings. The smallest absolute Gasteiger partial charge is 0.216 e. The maximum absolute atomic E-state index is 12.2. The number of amides is 1. The van der Waals surface area contributed by atoms with Gasteiger partial charge in [0.25, 0.3) is 0 Å². The van der Waals surface area contributed by atoms with E-state index in [4.69, 9.17) is 0 Å². The van der Waals surface area contributed by atoms with E-state index in [1.807, 2.05) is 12.1 Å². The van der Waals surface area contributed by atoms with E-state index < -0.39 is 0 Å². The number of carbonyl (C=O) groups is 2. The van der Waals surface area contributed by atoms with Crippen LogP contribution in [0.2, 0.25) is 0 Å². The van der Waals surface area contributed by atoms with Crippen molar-refractivity contribution in [3.63, 3.8) is 0 Å². The Morgan fingerprint density at radius 2 is 2.26 bits per heavy atom. The van der Waals surface area contributed by atoms with Crippen molar-refractivity contribution in [2.24, 2.45) is 0 Å². The number of nitrogens with one attached hydrogen (secondary N) is 2. The van der Waals surface area contributed by atoms with Gasteiger partial charge in [0.1, 0.15) is 5.82 Å². The number of aromatic nitrogens is 3. The first-order valence-corrected chi connectivity index (χ1v) is 9.33. The number of hydrogen-bond acceptors (Lipinski definition) is 6. The number of Topliss-reactive ketones (excluding diaryl/α,β-unsaturated/α-hetero) is 1. The number of thioether (sulfide) groups is 1. The molecule has 2 aromatic heterocycles. The van der Waals surface area contributed by atoms with E-state index >= 15 is 0 Å². The second-order valence-corrected chi connectivity index (χ2v) is 7.60. The molecule has 1 fully saturated rings. The second kappa shape index (κ2) is 7.27. The highest BCUT2D eigenvalue weighted by molar-refractivity contribution is 7.99. The SMILES string of the molecule is CC(=O)NCCc1ccc(C(=O)CSc2n[nH]c(C3CC3)n2)s1. The Balaban J connectivity index is 1.47. The molecule has 0 unspecified atom stereocenters. The Hall–Kier alpha value is -1.67. The molecule has 2 aromatic rings. The van der Waals surface area contributed by atoms with Gasteiger partial charge < -0.3 is 5.32 Å².